The van der Waals surface area contributed by atoms with Crippen molar-refractivity contribution in [3.05, 3.63) is 23.8 Å². The predicted octanol–water partition coefficient (Wildman–Crippen LogP) is 3.08. The molecular formula is C12H18O. The molecule has 0 aromatic rings. The standard InChI is InChI=1S/C12H18O/c1-12(7-9-13-10-8-12)11-5-3-2-4-6-11/h3,5-6H,2,4,7-10H2,1H3. The van der Waals surface area contributed by atoms with Gasteiger partial charge in [-0.15, -0.1) is 0 Å². The molecule has 72 valence electrons. The molecule has 0 aromatic heterocycles. The van der Waals surface area contributed by atoms with Crippen molar-refractivity contribution >= 4 is 0 Å². The molecule has 0 amide bonds. The van der Waals surface area contributed by atoms with Crippen LogP contribution in [0, 0.1) is 5.41 Å². The summed E-state index contributed by atoms with van der Waals surface area (Å²) < 4.78 is 5.40. The van der Waals surface area contributed by atoms with E-state index in [0.29, 0.717) is 5.41 Å². The first kappa shape index (κ1) is 9.01. The fourth-order valence-corrected chi connectivity index (χ4v) is 2.17. The smallest absolute Gasteiger partial charge is 0.0474 e. The average Bonchev–Trinajstić information content (AvgIpc) is 2.20. The summed E-state index contributed by atoms with van der Waals surface area (Å²) in [6, 6.07) is 0. The highest BCUT2D eigenvalue weighted by molar-refractivity contribution is 5.29. The largest absolute Gasteiger partial charge is 0.381 e. The third kappa shape index (κ3) is 1.86. The Morgan fingerprint density at radius 1 is 1.23 bits per heavy atom. The number of rotatable bonds is 1. The maximum atomic E-state index is 5.40. The highest BCUT2D eigenvalue weighted by atomic mass is 16.5. The second-order valence-electron chi connectivity index (χ2n) is 4.31. The molecule has 1 saturated heterocycles. The highest BCUT2D eigenvalue weighted by Gasteiger charge is 2.30. The lowest BCUT2D eigenvalue weighted by molar-refractivity contribution is 0.0413. The zero-order valence-corrected chi connectivity index (χ0v) is 8.38. The molecule has 0 bridgehead atoms. The van der Waals surface area contributed by atoms with Gasteiger partial charge in [0.15, 0.2) is 0 Å². The van der Waals surface area contributed by atoms with Crippen LogP contribution in [0.5, 0.6) is 0 Å². The minimum Gasteiger partial charge on any atom is -0.381 e. The van der Waals surface area contributed by atoms with E-state index in [0.717, 1.165) is 13.2 Å². The summed E-state index contributed by atoms with van der Waals surface area (Å²) in [5.41, 5.74) is 1.94. The monoisotopic (exact) mass is 178 g/mol. The van der Waals surface area contributed by atoms with E-state index < -0.39 is 0 Å². The molecule has 0 spiro atoms. The van der Waals surface area contributed by atoms with Crippen LogP contribution in [0.1, 0.15) is 32.6 Å². The van der Waals surface area contributed by atoms with Crippen LogP contribution < -0.4 is 0 Å². The first-order valence-corrected chi connectivity index (χ1v) is 5.26. The van der Waals surface area contributed by atoms with Crippen molar-refractivity contribution in [1.29, 1.82) is 0 Å². The Morgan fingerprint density at radius 2 is 2.00 bits per heavy atom. The summed E-state index contributed by atoms with van der Waals surface area (Å²) >= 11 is 0. The molecule has 1 heterocycles. The van der Waals surface area contributed by atoms with E-state index in [1.54, 1.807) is 5.57 Å². The predicted molar refractivity (Wildman–Crippen MR) is 54.6 cm³/mol. The lowest BCUT2D eigenvalue weighted by Crippen LogP contribution is -2.28. The van der Waals surface area contributed by atoms with Crippen LogP contribution in [0.25, 0.3) is 0 Å². The second kappa shape index (κ2) is 3.67. The van der Waals surface area contributed by atoms with Crippen LogP contribution in [-0.2, 0) is 4.74 Å². The SMILES string of the molecule is CC1(C2=CCCC=C2)CCOCC1. The van der Waals surface area contributed by atoms with Gasteiger partial charge in [-0.25, -0.2) is 0 Å². The lowest BCUT2D eigenvalue weighted by Gasteiger charge is -2.35. The van der Waals surface area contributed by atoms with Gasteiger partial charge in [0.25, 0.3) is 0 Å². The molecular weight excluding hydrogens is 160 g/mol. The summed E-state index contributed by atoms with van der Waals surface area (Å²) in [7, 11) is 0. The zero-order chi connectivity index (χ0) is 9.15. The third-order valence-corrected chi connectivity index (χ3v) is 3.29. The van der Waals surface area contributed by atoms with Crippen LogP contribution in [-0.4, -0.2) is 13.2 Å². The van der Waals surface area contributed by atoms with Gasteiger partial charge in [-0.05, 0) is 36.7 Å². The van der Waals surface area contributed by atoms with Crippen molar-refractivity contribution in [3.63, 3.8) is 0 Å². The van der Waals surface area contributed by atoms with Gasteiger partial charge in [-0.3, -0.25) is 0 Å². The lowest BCUT2D eigenvalue weighted by atomic mass is 9.74. The Labute approximate surface area is 80.5 Å². The molecule has 2 rings (SSSR count). The normalized spacial score (nSPS) is 27.0. The summed E-state index contributed by atoms with van der Waals surface area (Å²) in [5, 5.41) is 0. The summed E-state index contributed by atoms with van der Waals surface area (Å²) in [5.74, 6) is 0. The summed E-state index contributed by atoms with van der Waals surface area (Å²) in [6.45, 7) is 4.24. The molecule has 1 heteroatoms. The molecule has 0 radical (unpaired) electrons. The third-order valence-electron chi connectivity index (χ3n) is 3.29. The quantitative estimate of drug-likeness (QED) is 0.599. The number of allylic oxidation sites excluding steroid dienone is 4. The second-order valence-corrected chi connectivity index (χ2v) is 4.31. The molecule has 0 atom stereocenters. The van der Waals surface area contributed by atoms with E-state index in [9.17, 15) is 0 Å². The van der Waals surface area contributed by atoms with Crippen LogP contribution in [0.15, 0.2) is 23.8 Å². The van der Waals surface area contributed by atoms with Gasteiger partial charge < -0.3 is 4.74 Å². The zero-order valence-electron chi connectivity index (χ0n) is 8.38. The van der Waals surface area contributed by atoms with Gasteiger partial charge in [0, 0.05) is 13.2 Å². The molecule has 0 unspecified atom stereocenters. The molecule has 1 fully saturated rings. The molecule has 0 saturated carbocycles. The van der Waals surface area contributed by atoms with Crippen molar-refractivity contribution in [2.45, 2.75) is 32.6 Å². The molecule has 13 heavy (non-hydrogen) atoms. The van der Waals surface area contributed by atoms with E-state index in [-0.39, 0.29) is 0 Å². The molecule has 1 nitrogen and oxygen atoms in total. The van der Waals surface area contributed by atoms with Crippen molar-refractivity contribution in [2.24, 2.45) is 5.41 Å². The average molecular weight is 178 g/mol. The van der Waals surface area contributed by atoms with Crippen molar-refractivity contribution < 1.29 is 4.74 Å². The molecule has 0 aromatic carbocycles. The van der Waals surface area contributed by atoms with E-state index in [1.165, 1.54) is 25.7 Å². The maximum absolute atomic E-state index is 5.40. The Hall–Kier alpha value is -0.560. The summed E-state index contributed by atoms with van der Waals surface area (Å²) in [4.78, 5) is 0. The van der Waals surface area contributed by atoms with Gasteiger partial charge in [-0.2, -0.15) is 0 Å². The molecule has 1 aliphatic heterocycles. The van der Waals surface area contributed by atoms with Crippen LogP contribution >= 0.6 is 0 Å². The van der Waals surface area contributed by atoms with Gasteiger partial charge >= 0.3 is 0 Å². The van der Waals surface area contributed by atoms with Gasteiger partial charge in [-0.1, -0.05) is 25.2 Å². The van der Waals surface area contributed by atoms with E-state index >= 15 is 0 Å². The highest BCUT2D eigenvalue weighted by Crippen LogP contribution is 2.39. The van der Waals surface area contributed by atoms with Gasteiger partial charge in [0.05, 0.1) is 0 Å². The molecule has 1 aliphatic carbocycles. The van der Waals surface area contributed by atoms with Crippen molar-refractivity contribution in [3.8, 4) is 0 Å². The van der Waals surface area contributed by atoms with E-state index in [2.05, 4.69) is 25.2 Å². The number of ether oxygens (including phenoxy) is 1. The number of hydrogen-bond donors (Lipinski definition) is 0. The Balaban J connectivity index is 2.12. The van der Waals surface area contributed by atoms with E-state index in [1.807, 2.05) is 0 Å². The fourth-order valence-electron chi connectivity index (χ4n) is 2.17. The number of hydrogen-bond acceptors (Lipinski definition) is 1. The summed E-state index contributed by atoms with van der Waals surface area (Å²) in [6.07, 6.45) is 11.8. The Kier molecular flexibility index (Phi) is 2.54. The van der Waals surface area contributed by atoms with Gasteiger partial charge in [0.2, 0.25) is 0 Å². The van der Waals surface area contributed by atoms with Crippen molar-refractivity contribution in [1.82, 2.24) is 0 Å². The van der Waals surface area contributed by atoms with Gasteiger partial charge in [0.1, 0.15) is 0 Å². The minimum absolute atomic E-state index is 0.398. The van der Waals surface area contributed by atoms with Crippen LogP contribution in [0.3, 0.4) is 0 Å². The fraction of sp³-hybridized carbons (Fsp3) is 0.667. The first-order chi connectivity index (χ1) is 6.31. The van der Waals surface area contributed by atoms with E-state index in [4.69, 9.17) is 4.74 Å². The molecule has 2 aliphatic rings. The maximum Gasteiger partial charge on any atom is 0.0474 e. The Bertz CT molecular complexity index is 232. The molecule has 0 N–H and O–H groups in total. The first-order valence-electron chi connectivity index (χ1n) is 5.26. The van der Waals surface area contributed by atoms with Crippen LogP contribution in [0.4, 0.5) is 0 Å². The van der Waals surface area contributed by atoms with Crippen LogP contribution in [0.2, 0.25) is 0 Å². The minimum atomic E-state index is 0.398. The van der Waals surface area contributed by atoms with Crippen molar-refractivity contribution in [2.75, 3.05) is 13.2 Å². The Morgan fingerprint density at radius 3 is 2.62 bits per heavy atom. The topological polar surface area (TPSA) is 9.23 Å².